The van der Waals surface area contributed by atoms with Crippen molar-refractivity contribution >= 4 is 11.9 Å². The van der Waals surface area contributed by atoms with Crippen LogP contribution in [0.15, 0.2) is 0 Å². The molecule has 4 heteroatoms. The van der Waals surface area contributed by atoms with E-state index in [-0.39, 0.29) is 5.97 Å². The molecule has 0 fully saturated rings. The van der Waals surface area contributed by atoms with E-state index < -0.39 is 12.1 Å². The van der Waals surface area contributed by atoms with Crippen LogP contribution in [0.25, 0.3) is 0 Å². The first-order valence-electron chi connectivity index (χ1n) is 12.5. The Bertz CT molecular complexity index is 381. The summed E-state index contributed by atoms with van der Waals surface area (Å²) in [4.78, 5) is 22.4. The average molecular weight is 413 g/mol. The maximum absolute atomic E-state index is 11.6. The van der Waals surface area contributed by atoms with Crippen molar-refractivity contribution < 1.29 is 19.4 Å². The van der Waals surface area contributed by atoms with E-state index in [9.17, 15) is 9.59 Å². The zero-order chi connectivity index (χ0) is 21.6. The normalized spacial score (nSPS) is 12.1. The Morgan fingerprint density at radius 2 is 0.966 bits per heavy atom. The lowest BCUT2D eigenvalue weighted by Crippen LogP contribution is -2.26. The molecular weight excluding hydrogens is 364 g/mol. The lowest BCUT2D eigenvalue weighted by atomic mass is 10.0. The van der Waals surface area contributed by atoms with Gasteiger partial charge in [0.05, 0.1) is 0 Å². The predicted molar refractivity (Wildman–Crippen MR) is 121 cm³/mol. The number of carboxylic acid groups (broad SMARTS) is 1. The van der Waals surface area contributed by atoms with Crippen LogP contribution in [0.4, 0.5) is 0 Å². The first-order chi connectivity index (χ1) is 14.1. The monoisotopic (exact) mass is 412 g/mol. The number of unbranched alkanes of at least 4 members (excludes halogenated alkanes) is 17. The van der Waals surface area contributed by atoms with Gasteiger partial charge in [0.1, 0.15) is 0 Å². The lowest BCUT2D eigenvalue weighted by molar-refractivity contribution is -0.164. The minimum atomic E-state index is -1.06. The Kier molecular flexibility index (Phi) is 20.9. The lowest BCUT2D eigenvalue weighted by Gasteiger charge is -2.11. The van der Waals surface area contributed by atoms with Gasteiger partial charge in [0, 0.05) is 6.42 Å². The third kappa shape index (κ3) is 20.0. The van der Waals surface area contributed by atoms with Crippen LogP contribution in [0.5, 0.6) is 0 Å². The van der Waals surface area contributed by atoms with Gasteiger partial charge in [0.15, 0.2) is 6.10 Å². The summed E-state index contributed by atoms with van der Waals surface area (Å²) in [5.74, 6) is -1.44. The van der Waals surface area contributed by atoms with Crippen molar-refractivity contribution in [1.29, 1.82) is 0 Å². The molecular formula is C25H48O4. The van der Waals surface area contributed by atoms with Gasteiger partial charge in [-0.1, -0.05) is 123 Å². The van der Waals surface area contributed by atoms with Gasteiger partial charge in [-0.25, -0.2) is 4.79 Å². The Morgan fingerprint density at radius 3 is 1.28 bits per heavy atom. The molecule has 0 aromatic rings. The van der Waals surface area contributed by atoms with Crippen LogP contribution in [0.1, 0.15) is 142 Å². The molecule has 29 heavy (non-hydrogen) atoms. The van der Waals surface area contributed by atoms with E-state index in [2.05, 4.69) is 6.92 Å². The summed E-state index contributed by atoms with van der Waals surface area (Å²) < 4.78 is 4.96. The summed E-state index contributed by atoms with van der Waals surface area (Å²) in [6.45, 7) is 3.98. The predicted octanol–water partition coefficient (Wildman–Crippen LogP) is 7.82. The Balaban J connectivity index is 3.22. The van der Waals surface area contributed by atoms with E-state index in [0.717, 1.165) is 19.3 Å². The second-order valence-electron chi connectivity index (χ2n) is 8.49. The molecule has 0 aromatic carbocycles. The molecule has 0 amide bonds. The van der Waals surface area contributed by atoms with Crippen LogP contribution >= 0.6 is 0 Å². The summed E-state index contributed by atoms with van der Waals surface area (Å²) in [5, 5.41) is 8.87. The molecule has 0 aliphatic rings. The molecule has 0 rings (SSSR count). The molecule has 0 heterocycles. The fourth-order valence-corrected chi connectivity index (χ4v) is 3.70. The molecule has 1 atom stereocenters. The molecule has 0 saturated heterocycles. The first kappa shape index (κ1) is 27.9. The zero-order valence-electron chi connectivity index (χ0n) is 19.4. The molecule has 0 aliphatic carbocycles. The summed E-state index contributed by atoms with van der Waals surface area (Å²) in [6.07, 6.45) is 23.4. The maximum atomic E-state index is 11.6. The van der Waals surface area contributed by atoms with Gasteiger partial charge in [-0.05, 0) is 12.8 Å². The van der Waals surface area contributed by atoms with Gasteiger partial charge in [-0.3, -0.25) is 4.79 Å². The van der Waals surface area contributed by atoms with E-state index in [4.69, 9.17) is 9.84 Å². The van der Waals surface area contributed by atoms with Gasteiger partial charge >= 0.3 is 11.9 Å². The molecule has 0 bridgehead atoms. The van der Waals surface area contributed by atoms with Crippen LogP contribution in [-0.4, -0.2) is 23.1 Å². The Morgan fingerprint density at radius 1 is 0.621 bits per heavy atom. The number of ether oxygens (including phenoxy) is 1. The molecule has 172 valence electrons. The van der Waals surface area contributed by atoms with E-state index in [1.54, 1.807) is 6.92 Å². The minimum Gasteiger partial charge on any atom is -0.479 e. The van der Waals surface area contributed by atoms with Gasteiger partial charge < -0.3 is 9.84 Å². The molecule has 1 unspecified atom stereocenters. The van der Waals surface area contributed by atoms with E-state index in [1.807, 2.05) is 0 Å². The van der Waals surface area contributed by atoms with Crippen molar-refractivity contribution in [2.24, 2.45) is 0 Å². The molecule has 0 radical (unpaired) electrons. The zero-order valence-corrected chi connectivity index (χ0v) is 19.4. The highest BCUT2D eigenvalue weighted by molar-refractivity contribution is 5.77. The van der Waals surface area contributed by atoms with Gasteiger partial charge in [-0.15, -0.1) is 0 Å². The molecule has 0 spiro atoms. The van der Waals surface area contributed by atoms with Gasteiger partial charge in [0.25, 0.3) is 0 Å². The van der Waals surface area contributed by atoms with Gasteiger partial charge in [-0.2, -0.15) is 0 Å². The summed E-state index contributed by atoms with van der Waals surface area (Å²) in [7, 11) is 0. The SMILES string of the molecule is CCCCCCCCCCCCCCCCCCCCC(=O)OC(CC)C(=O)O. The van der Waals surface area contributed by atoms with Crippen molar-refractivity contribution in [2.45, 2.75) is 148 Å². The number of carbonyl (C=O) groups is 2. The molecule has 4 nitrogen and oxygen atoms in total. The van der Waals surface area contributed by atoms with Crippen molar-refractivity contribution in [3.8, 4) is 0 Å². The maximum Gasteiger partial charge on any atom is 0.345 e. The number of rotatable bonds is 22. The van der Waals surface area contributed by atoms with Crippen molar-refractivity contribution in [3.05, 3.63) is 0 Å². The fourth-order valence-electron chi connectivity index (χ4n) is 3.70. The number of carboxylic acids is 1. The average Bonchev–Trinajstić information content (AvgIpc) is 2.70. The number of hydrogen-bond donors (Lipinski definition) is 1. The van der Waals surface area contributed by atoms with Crippen LogP contribution in [0, 0.1) is 0 Å². The van der Waals surface area contributed by atoms with Crippen molar-refractivity contribution in [3.63, 3.8) is 0 Å². The molecule has 0 saturated carbocycles. The van der Waals surface area contributed by atoms with Crippen LogP contribution in [0.3, 0.4) is 0 Å². The highest BCUT2D eigenvalue weighted by Gasteiger charge is 2.19. The third-order valence-electron chi connectivity index (χ3n) is 5.65. The number of carbonyl (C=O) groups excluding carboxylic acids is 1. The Hall–Kier alpha value is -1.06. The molecule has 0 aromatic heterocycles. The first-order valence-corrected chi connectivity index (χ1v) is 12.5. The summed E-state index contributed by atoms with van der Waals surface area (Å²) >= 11 is 0. The topological polar surface area (TPSA) is 63.6 Å². The van der Waals surface area contributed by atoms with E-state index in [1.165, 1.54) is 96.3 Å². The third-order valence-corrected chi connectivity index (χ3v) is 5.65. The quantitative estimate of drug-likeness (QED) is 0.145. The highest BCUT2D eigenvalue weighted by Crippen LogP contribution is 2.14. The molecule has 1 N–H and O–H groups in total. The van der Waals surface area contributed by atoms with E-state index >= 15 is 0 Å². The second-order valence-corrected chi connectivity index (χ2v) is 8.49. The largest absolute Gasteiger partial charge is 0.479 e. The van der Waals surface area contributed by atoms with Crippen molar-refractivity contribution in [1.82, 2.24) is 0 Å². The number of hydrogen-bond acceptors (Lipinski definition) is 3. The summed E-state index contributed by atoms with van der Waals surface area (Å²) in [6, 6.07) is 0. The van der Waals surface area contributed by atoms with Crippen molar-refractivity contribution in [2.75, 3.05) is 0 Å². The minimum absolute atomic E-state index is 0.320. The smallest absolute Gasteiger partial charge is 0.345 e. The highest BCUT2D eigenvalue weighted by atomic mass is 16.6. The fraction of sp³-hybridized carbons (Fsp3) is 0.920. The Labute approximate surface area is 180 Å². The van der Waals surface area contributed by atoms with E-state index in [0.29, 0.717) is 12.8 Å². The van der Waals surface area contributed by atoms with Crippen LogP contribution < -0.4 is 0 Å². The van der Waals surface area contributed by atoms with Crippen LogP contribution in [0.2, 0.25) is 0 Å². The number of esters is 1. The summed E-state index contributed by atoms with van der Waals surface area (Å²) in [5.41, 5.74) is 0. The second kappa shape index (κ2) is 21.6. The van der Waals surface area contributed by atoms with Gasteiger partial charge in [0.2, 0.25) is 0 Å². The number of aliphatic carboxylic acids is 1. The molecule has 0 aliphatic heterocycles. The standard InChI is InChI=1S/C25H48O4/c1-3-5-6-7-8-9-10-11-12-13-14-15-16-17-18-19-20-21-22-24(26)29-23(4-2)25(27)28/h23H,3-22H2,1-2H3,(H,27,28). The van der Waals surface area contributed by atoms with Crippen LogP contribution in [-0.2, 0) is 14.3 Å².